The summed E-state index contributed by atoms with van der Waals surface area (Å²) in [7, 11) is 0. The zero-order valence-corrected chi connectivity index (χ0v) is 16.0. The lowest BCUT2D eigenvalue weighted by atomic mass is 10.1. The minimum Gasteiger partial charge on any atom is -0.465 e. The van der Waals surface area contributed by atoms with Crippen LogP contribution in [-0.4, -0.2) is 35.9 Å². The van der Waals surface area contributed by atoms with Crippen molar-refractivity contribution in [1.82, 2.24) is 4.98 Å². The van der Waals surface area contributed by atoms with Gasteiger partial charge in [-0.3, -0.25) is 4.79 Å². The Hall–Kier alpha value is -2.32. The van der Waals surface area contributed by atoms with Gasteiger partial charge in [-0.25, -0.2) is 9.78 Å². The summed E-state index contributed by atoms with van der Waals surface area (Å²) < 4.78 is 11.0. The lowest BCUT2D eigenvalue weighted by Crippen LogP contribution is -2.07. The number of carbonyl (C=O) groups excluding carboxylic acids is 2. The quantitative estimate of drug-likeness (QED) is 0.505. The van der Waals surface area contributed by atoms with Crippen molar-refractivity contribution < 1.29 is 19.1 Å². The fourth-order valence-electron chi connectivity index (χ4n) is 2.56. The van der Waals surface area contributed by atoms with Crippen LogP contribution in [0.5, 0.6) is 0 Å². The molecule has 0 atom stereocenters. The molecular formula is C18H18N2O4S2. The number of nitrogen functional groups attached to an aromatic ring is 1. The molecule has 136 valence electrons. The van der Waals surface area contributed by atoms with Crippen LogP contribution in [-0.2, 0) is 14.3 Å². The first-order valence-corrected chi connectivity index (χ1v) is 9.93. The Kier molecular flexibility index (Phi) is 5.63. The summed E-state index contributed by atoms with van der Waals surface area (Å²) in [5.41, 5.74) is 7.39. The molecule has 3 rings (SSSR count). The van der Waals surface area contributed by atoms with Gasteiger partial charge in [0.2, 0.25) is 0 Å². The standard InChI is InChI=1S/C18H18N2O4S2/c1-3-23-12(21)9-25-17-13-14(19)16(18(22)24-4-2)26-15(13)10-7-5-6-8-11(10)20-17/h5-8H,3-4,9,19H2,1-2H3. The van der Waals surface area contributed by atoms with Gasteiger partial charge in [-0.05, 0) is 19.9 Å². The first-order valence-electron chi connectivity index (χ1n) is 8.13. The highest BCUT2D eigenvalue weighted by atomic mass is 32.2. The second-order valence-electron chi connectivity index (χ2n) is 5.30. The molecule has 0 aliphatic carbocycles. The Balaban J connectivity index is 2.15. The van der Waals surface area contributed by atoms with Crippen LogP contribution in [0.1, 0.15) is 23.5 Å². The summed E-state index contributed by atoms with van der Waals surface area (Å²) in [5, 5.41) is 2.21. The molecule has 26 heavy (non-hydrogen) atoms. The molecule has 0 aliphatic heterocycles. The molecule has 0 unspecified atom stereocenters. The van der Waals surface area contributed by atoms with Crippen molar-refractivity contribution >= 4 is 61.7 Å². The zero-order chi connectivity index (χ0) is 18.7. The molecule has 0 bridgehead atoms. The van der Waals surface area contributed by atoms with Crippen molar-refractivity contribution in [3.05, 3.63) is 29.1 Å². The van der Waals surface area contributed by atoms with Crippen LogP contribution in [0.4, 0.5) is 5.69 Å². The van der Waals surface area contributed by atoms with Gasteiger partial charge < -0.3 is 15.2 Å². The summed E-state index contributed by atoms with van der Waals surface area (Å²) in [6.45, 7) is 4.11. The third-order valence-corrected chi connectivity index (χ3v) is 5.79. The van der Waals surface area contributed by atoms with Gasteiger partial charge in [0.25, 0.3) is 0 Å². The Labute approximate surface area is 158 Å². The molecule has 0 fully saturated rings. The predicted octanol–water partition coefficient (Wildman–Crippen LogP) is 3.86. The second-order valence-corrected chi connectivity index (χ2v) is 7.28. The molecule has 2 heterocycles. The van der Waals surface area contributed by atoms with E-state index in [1.165, 1.54) is 23.1 Å². The lowest BCUT2D eigenvalue weighted by molar-refractivity contribution is -0.139. The summed E-state index contributed by atoms with van der Waals surface area (Å²) in [6.07, 6.45) is 0. The Morgan fingerprint density at radius 1 is 1.19 bits per heavy atom. The SMILES string of the molecule is CCOC(=O)CSc1nc2ccccc2c2sc(C(=O)OCC)c(N)c12. The zero-order valence-electron chi connectivity index (χ0n) is 14.4. The van der Waals surface area contributed by atoms with E-state index in [0.717, 1.165) is 15.6 Å². The van der Waals surface area contributed by atoms with Crippen LogP contribution in [0.2, 0.25) is 0 Å². The van der Waals surface area contributed by atoms with Gasteiger partial charge in [-0.1, -0.05) is 30.0 Å². The molecule has 0 spiro atoms. The van der Waals surface area contributed by atoms with E-state index in [0.29, 0.717) is 27.6 Å². The Morgan fingerprint density at radius 3 is 2.65 bits per heavy atom. The van der Waals surface area contributed by atoms with Gasteiger partial charge in [0, 0.05) is 15.5 Å². The minimum absolute atomic E-state index is 0.123. The van der Waals surface area contributed by atoms with Gasteiger partial charge in [-0.15, -0.1) is 11.3 Å². The molecule has 0 saturated carbocycles. The van der Waals surface area contributed by atoms with Crippen LogP contribution in [0.25, 0.3) is 21.0 Å². The van der Waals surface area contributed by atoms with E-state index >= 15 is 0 Å². The Bertz CT molecular complexity index is 984. The summed E-state index contributed by atoms with van der Waals surface area (Å²) in [6, 6.07) is 7.64. The highest BCUT2D eigenvalue weighted by molar-refractivity contribution is 8.00. The number of thiophene rings is 1. The first-order chi connectivity index (χ1) is 12.6. The molecule has 3 aromatic rings. The number of hydrogen-bond donors (Lipinski definition) is 1. The summed E-state index contributed by atoms with van der Waals surface area (Å²) in [4.78, 5) is 29.0. The van der Waals surface area contributed by atoms with E-state index in [2.05, 4.69) is 4.98 Å². The van der Waals surface area contributed by atoms with E-state index < -0.39 is 5.97 Å². The van der Waals surface area contributed by atoms with Crippen molar-refractivity contribution in [3.63, 3.8) is 0 Å². The predicted molar refractivity (Wildman–Crippen MR) is 105 cm³/mol. The summed E-state index contributed by atoms with van der Waals surface area (Å²) in [5.74, 6) is -0.644. The molecule has 0 aliphatic rings. The second kappa shape index (κ2) is 7.92. The molecule has 0 radical (unpaired) electrons. The number of rotatable bonds is 6. The first kappa shape index (κ1) is 18.5. The maximum Gasteiger partial charge on any atom is 0.350 e. The van der Waals surface area contributed by atoms with Gasteiger partial charge >= 0.3 is 11.9 Å². The topological polar surface area (TPSA) is 91.5 Å². The maximum atomic E-state index is 12.2. The summed E-state index contributed by atoms with van der Waals surface area (Å²) >= 11 is 2.55. The molecular weight excluding hydrogens is 372 g/mol. The van der Waals surface area contributed by atoms with Crippen LogP contribution < -0.4 is 5.73 Å². The number of para-hydroxylation sites is 1. The van der Waals surface area contributed by atoms with Crippen LogP contribution in [0.3, 0.4) is 0 Å². The van der Waals surface area contributed by atoms with Crippen molar-refractivity contribution in [3.8, 4) is 0 Å². The van der Waals surface area contributed by atoms with Crippen molar-refractivity contribution in [2.24, 2.45) is 0 Å². The average molecular weight is 390 g/mol. The number of aromatic nitrogens is 1. The van der Waals surface area contributed by atoms with E-state index in [4.69, 9.17) is 15.2 Å². The monoisotopic (exact) mass is 390 g/mol. The molecule has 1 aromatic carbocycles. The number of esters is 2. The fraction of sp³-hybridized carbons (Fsp3) is 0.278. The minimum atomic E-state index is -0.448. The number of hydrogen-bond acceptors (Lipinski definition) is 8. The van der Waals surface area contributed by atoms with Crippen molar-refractivity contribution in [2.45, 2.75) is 18.9 Å². The normalized spacial score (nSPS) is 11.0. The highest BCUT2D eigenvalue weighted by Crippen LogP contribution is 2.42. The largest absolute Gasteiger partial charge is 0.465 e. The molecule has 0 amide bonds. The van der Waals surface area contributed by atoms with Crippen molar-refractivity contribution in [2.75, 3.05) is 24.7 Å². The van der Waals surface area contributed by atoms with Gasteiger partial charge in [0.05, 0.1) is 30.2 Å². The van der Waals surface area contributed by atoms with Crippen molar-refractivity contribution in [1.29, 1.82) is 0 Å². The number of nitrogens with zero attached hydrogens (tertiary/aromatic N) is 1. The smallest absolute Gasteiger partial charge is 0.350 e. The highest BCUT2D eigenvalue weighted by Gasteiger charge is 2.23. The average Bonchev–Trinajstić information content (AvgIpc) is 2.98. The number of carbonyl (C=O) groups is 2. The van der Waals surface area contributed by atoms with Crippen LogP contribution in [0.15, 0.2) is 29.3 Å². The third-order valence-electron chi connectivity index (χ3n) is 3.62. The molecule has 2 N–H and O–H groups in total. The van der Waals surface area contributed by atoms with E-state index in [1.54, 1.807) is 13.8 Å². The van der Waals surface area contributed by atoms with Gasteiger partial charge in [0.1, 0.15) is 9.90 Å². The third kappa shape index (κ3) is 3.47. The molecule has 6 nitrogen and oxygen atoms in total. The number of ether oxygens (including phenoxy) is 2. The number of fused-ring (bicyclic) bond motifs is 3. The molecule has 2 aromatic heterocycles. The number of pyridine rings is 1. The molecule has 0 saturated heterocycles. The lowest BCUT2D eigenvalue weighted by Gasteiger charge is -2.07. The number of nitrogens with two attached hydrogens (primary N) is 1. The van der Waals surface area contributed by atoms with E-state index in [-0.39, 0.29) is 18.3 Å². The van der Waals surface area contributed by atoms with Gasteiger partial charge in [-0.2, -0.15) is 0 Å². The fourth-order valence-corrected chi connectivity index (χ4v) is 4.63. The maximum absolute atomic E-state index is 12.2. The number of benzene rings is 1. The van der Waals surface area contributed by atoms with Gasteiger partial charge in [0.15, 0.2) is 0 Å². The van der Waals surface area contributed by atoms with Crippen LogP contribution in [0, 0.1) is 0 Å². The van der Waals surface area contributed by atoms with Crippen LogP contribution >= 0.6 is 23.1 Å². The van der Waals surface area contributed by atoms with E-state index in [1.807, 2.05) is 24.3 Å². The number of anilines is 1. The Morgan fingerprint density at radius 2 is 1.92 bits per heavy atom. The number of thioether (sulfide) groups is 1. The van der Waals surface area contributed by atoms with E-state index in [9.17, 15) is 9.59 Å². The molecule has 8 heteroatoms.